The van der Waals surface area contributed by atoms with Crippen molar-refractivity contribution in [2.75, 3.05) is 0 Å². The fourth-order valence-corrected chi connectivity index (χ4v) is 0.814. The van der Waals surface area contributed by atoms with E-state index in [1.54, 1.807) is 6.08 Å². The highest BCUT2D eigenvalue weighted by Crippen LogP contribution is 2.00. The summed E-state index contributed by atoms with van der Waals surface area (Å²) in [6.45, 7) is 0. The molecule has 0 aliphatic rings. The zero-order chi connectivity index (χ0) is 9.52. The molecule has 0 heterocycles. The Hall–Kier alpha value is -1.99. The fourth-order valence-electron chi connectivity index (χ4n) is 0.814. The molecule has 0 aliphatic heterocycles. The second-order valence-electron chi connectivity index (χ2n) is 2.29. The second-order valence-corrected chi connectivity index (χ2v) is 2.29. The summed E-state index contributed by atoms with van der Waals surface area (Å²) in [6.07, 6.45) is 3.99. The van der Waals surface area contributed by atoms with Gasteiger partial charge in [-0.3, -0.25) is 4.79 Å². The Balaban J connectivity index is 2.69. The molecule has 0 spiro atoms. The van der Waals surface area contributed by atoms with E-state index in [0.717, 1.165) is 5.56 Å². The van der Waals surface area contributed by atoms with E-state index in [1.165, 1.54) is 12.2 Å². The minimum absolute atomic E-state index is 0.598. The molecule has 0 aliphatic carbocycles. The number of carbonyl (C=O) groups excluding carboxylic acids is 2. The highest BCUT2D eigenvalue weighted by Gasteiger charge is 1.89. The van der Waals surface area contributed by atoms with Gasteiger partial charge in [0.1, 0.15) is 0 Å². The van der Waals surface area contributed by atoms with E-state index in [1.807, 2.05) is 30.3 Å². The van der Waals surface area contributed by atoms with Gasteiger partial charge in [0.05, 0.1) is 0 Å². The molecule has 0 bridgehead atoms. The van der Waals surface area contributed by atoms with E-state index in [0.29, 0.717) is 0 Å². The minimum atomic E-state index is -0.598. The topological polar surface area (TPSA) is 46.5 Å². The molecular formula is C10H7NO2. The number of carbonyl (C=O) groups is 1. The minimum Gasteiger partial charge on any atom is -0.267 e. The summed E-state index contributed by atoms with van der Waals surface area (Å²) in [5.41, 5.74) is 0.886. The van der Waals surface area contributed by atoms with Crippen LogP contribution in [0, 0.1) is 0 Å². The lowest BCUT2D eigenvalue weighted by Gasteiger charge is -1.88. The van der Waals surface area contributed by atoms with Crippen LogP contribution >= 0.6 is 0 Å². The van der Waals surface area contributed by atoms with E-state index in [2.05, 4.69) is 4.99 Å². The van der Waals surface area contributed by atoms with Crippen LogP contribution in [0.4, 0.5) is 0 Å². The van der Waals surface area contributed by atoms with Gasteiger partial charge in [-0.2, -0.15) is 0 Å². The smallest absolute Gasteiger partial charge is 0.267 e. The van der Waals surface area contributed by atoms with Gasteiger partial charge in [-0.25, -0.2) is 4.79 Å². The zero-order valence-corrected chi connectivity index (χ0v) is 6.81. The Morgan fingerprint density at radius 3 is 2.62 bits per heavy atom. The largest absolute Gasteiger partial charge is 0.280 e. The Morgan fingerprint density at radius 1 is 1.31 bits per heavy atom. The molecular weight excluding hydrogens is 166 g/mol. The molecule has 0 radical (unpaired) electrons. The standard InChI is InChI=1S/C10H7NO2/c12-8-11-10(13)7-6-9-4-2-1-3-5-9/h1-7H/b7-6+. The molecule has 3 heteroatoms. The zero-order valence-electron chi connectivity index (χ0n) is 6.81. The summed E-state index contributed by atoms with van der Waals surface area (Å²) < 4.78 is 0. The molecule has 64 valence electrons. The average molecular weight is 173 g/mol. The number of amides is 1. The van der Waals surface area contributed by atoms with Crippen LogP contribution < -0.4 is 0 Å². The lowest BCUT2D eigenvalue weighted by molar-refractivity contribution is -0.113. The van der Waals surface area contributed by atoms with E-state index < -0.39 is 5.91 Å². The number of rotatable bonds is 2. The third kappa shape index (κ3) is 3.27. The summed E-state index contributed by atoms with van der Waals surface area (Å²) in [7, 11) is 0. The quantitative estimate of drug-likeness (QED) is 0.387. The van der Waals surface area contributed by atoms with Gasteiger partial charge in [0.25, 0.3) is 5.91 Å². The molecule has 0 aromatic heterocycles. The van der Waals surface area contributed by atoms with E-state index in [9.17, 15) is 9.59 Å². The van der Waals surface area contributed by atoms with Gasteiger partial charge >= 0.3 is 0 Å². The van der Waals surface area contributed by atoms with Crippen molar-refractivity contribution < 1.29 is 9.59 Å². The van der Waals surface area contributed by atoms with Gasteiger partial charge in [-0.15, -0.1) is 4.99 Å². The van der Waals surface area contributed by atoms with Crippen LogP contribution in [0.25, 0.3) is 6.08 Å². The molecule has 3 nitrogen and oxygen atoms in total. The van der Waals surface area contributed by atoms with E-state index in [-0.39, 0.29) is 0 Å². The van der Waals surface area contributed by atoms with E-state index >= 15 is 0 Å². The Kier molecular flexibility index (Phi) is 3.36. The van der Waals surface area contributed by atoms with Gasteiger partial charge in [0, 0.05) is 6.08 Å². The monoisotopic (exact) mass is 173 g/mol. The fraction of sp³-hybridized carbons (Fsp3) is 0. The van der Waals surface area contributed by atoms with Gasteiger partial charge < -0.3 is 0 Å². The van der Waals surface area contributed by atoms with Crippen LogP contribution in [-0.4, -0.2) is 12.0 Å². The van der Waals surface area contributed by atoms with Crippen molar-refractivity contribution in [2.24, 2.45) is 4.99 Å². The number of hydrogen-bond donors (Lipinski definition) is 0. The number of aliphatic imine (C=N–C) groups is 1. The first-order valence-corrected chi connectivity index (χ1v) is 3.68. The normalized spacial score (nSPS) is 9.54. The summed E-state index contributed by atoms with van der Waals surface area (Å²) in [5, 5.41) is 0. The van der Waals surface area contributed by atoms with Crippen molar-refractivity contribution in [3.8, 4) is 0 Å². The van der Waals surface area contributed by atoms with Crippen LogP contribution in [0.15, 0.2) is 41.4 Å². The Morgan fingerprint density at radius 2 is 2.00 bits per heavy atom. The third-order valence-electron chi connectivity index (χ3n) is 1.37. The van der Waals surface area contributed by atoms with Crippen LogP contribution in [0.2, 0.25) is 0 Å². The molecule has 1 amide bonds. The Labute approximate surface area is 75.4 Å². The highest BCUT2D eigenvalue weighted by molar-refractivity contribution is 5.94. The molecule has 0 atom stereocenters. The molecule has 1 rings (SSSR count). The van der Waals surface area contributed by atoms with Gasteiger partial charge in [0.15, 0.2) is 0 Å². The molecule has 0 fully saturated rings. The van der Waals surface area contributed by atoms with Crippen LogP contribution in [0.3, 0.4) is 0 Å². The first-order chi connectivity index (χ1) is 6.33. The van der Waals surface area contributed by atoms with Gasteiger partial charge in [-0.05, 0) is 11.6 Å². The summed E-state index contributed by atoms with van der Waals surface area (Å²) in [4.78, 5) is 23.3. The third-order valence-corrected chi connectivity index (χ3v) is 1.37. The van der Waals surface area contributed by atoms with Gasteiger partial charge in [-0.1, -0.05) is 30.3 Å². The average Bonchev–Trinajstić information content (AvgIpc) is 2.17. The van der Waals surface area contributed by atoms with Crippen molar-refractivity contribution in [1.82, 2.24) is 0 Å². The molecule has 0 saturated carbocycles. The molecule has 13 heavy (non-hydrogen) atoms. The molecule has 0 saturated heterocycles. The molecule has 0 unspecified atom stereocenters. The first-order valence-electron chi connectivity index (χ1n) is 3.68. The number of isocyanates is 1. The lowest BCUT2D eigenvalue weighted by atomic mass is 10.2. The second kappa shape index (κ2) is 4.80. The summed E-state index contributed by atoms with van der Waals surface area (Å²) >= 11 is 0. The molecule has 1 aromatic carbocycles. The van der Waals surface area contributed by atoms with Crippen molar-refractivity contribution >= 4 is 18.1 Å². The first kappa shape index (κ1) is 9.10. The van der Waals surface area contributed by atoms with Gasteiger partial charge in [0.2, 0.25) is 6.08 Å². The van der Waals surface area contributed by atoms with Crippen molar-refractivity contribution in [3.63, 3.8) is 0 Å². The predicted octanol–water partition coefficient (Wildman–Crippen LogP) is 1.56. The maximum atomic E-state index is 10.7. The molecule has 0 N–H and O–H groups in total. The van der Waals surface area contributed by atoms with E-state index in [4.69, 9.17) is 0 Å². The van der Waals surface area contributed by atoms with Crippen molar-refractivity contribution in [3.05, 3.63) is 42.0 Å². The van der Waals surface area contributed by atoms with Crippen molar-refractivity contribution in [1.29, 1.82) is 0 Å². The highest BCUT2D eigenvalue weighted by atomic mass is 16.2. The van der Waals surface area contributed by atoms with Crippen LogP contribution in [-0.2, 0) is 9.59 Å². The number of nitrogens with zero attached hydrogens (tertiary/aromatic N) is 1. The lowest BCUT2D eigenvalue weighted by Crippen LogP contribution is -1.83. The predicted molar refractivity (Wildman–Crippen MR) is 48.6 cm³/mol. The number of benzene rings is 1. The summed E-state index contributed by atoms with van der Waals surface area (Å²) in [5.74, 6) is -0.598. The number of hydrogen-bond acceptors (Lipinski definition) is 2. The van der Waals surface area contributed by atoms with Crippen LogP contribution in [0.1, 0.15) is 5.56 Å². The maximum Gasteiger partial charge on any atom is 0.280 e. The summed E-state index contributed by atoms with van der Waals surface area (Å²) in [6, 6.07) is 9.27. The molecule has 1 aromatic rings. The Bertz CT molecular complexity index is 362. The maximum absolute atomic E-state index is 10.7. The SMILES string of the molecule is O=C=NC(=O)/C=C/c1ccccc1. The van der Waals surface area contributed by atoms with Crippen molar-refractivity contribution in [2.45, 2.75) is 0 Å². The van der Waals surface area contributed by atoms with Crippen LogP contribution in [0.5, 0.6) is 0 Å².